The summed E-state index contributed by atoms with van der Waals surface area (Å²) in [7, 11) is 0. The third kappa shape index (κ3) is 3.59. The van der Waals surface area contributed by atoms with Crippen molar-refractivity contribution in [3.63, 3.8) is 0 Å². The predicted molar refractivity (Wildman–Crippen MR) is 88.8 cm³/mol. The summed E-state index contributed by atoms with van der Waals surface area (Å²) in [6.45, 7) is 7.02. The summed E-state index contributed by atoms with van der Waals surface area (Å²) in [5, 5.41) is 10.9. The van der Waals surface area contributed by atoms with Gasteiger partial charge in [0.2, 0.25) is 0 Å². The molecule has 122 valence electrons. The molecule has 0 spiro atoms. The Bertz CT molecular complexity index is 692. The molecule has 3 heterocycles. The van der Waals surface area contributed by atoms with Crippen LogP contribution in [0.2, 0.25) is 0 Å². The van der Waals surface area contributed by atoms with Crippen molar-refractivity contribution in [3.8, 4) is 5.82 Å². The summed E-state index contributed by atoms with van der Waals surface area (Å²) in [6.07, 6.45) is 3.54. The molecule has 2 aromatic rings. The highest BCUT2D eigenvalue weighted by Crippen LogP contribution is 2.12. The van der Waals surface area contributed by atoms with E-state index in [1.807, 2.05) is 26.0 Å². The highest BCUT2D eigenvalue weighted by atomic mass is 16.1. The first-order valence-corrected chi connectivity index (χ1v) is 8.07. The number of hydrogen-bond donors (Lipinski definition) is 2. The molecule has 0 aliphatic carbocycles. The Kier molecular flexibility index (Phi) is 4.43. The van der Waals surface area contributed by atoms with Gasteiger partial charge >= 0.3 is 0 Å². The van der Waals surface area contributed by atoms with Crippen LogP contribution in [0.3, 0.4) is 0 Å². The average Bonchev–Trinajstić information content (AvgIpc) is 2.86. The lowest BCUT2D eigenvalue weighted by Gasteiger charge is -2.28. The maximum Gasteiger partial charge on any atom is 0.253 e. The lowest BCUT2D eigenvalue weighted by Crippen LogP contribution is -2.46. The van der Waals surface area contributed by atoms with Gasteiger partial charge in [-0.15, -0.1) is 0 Å². The Hall–Kier alpha value is -2.21. The van der Waals surface area contributed by atoms with E-state index in [1.165, 1.54) is 0 Å². The van der Waals surface area contributed by atoms with E-state index in [0.717, 1.165) is 36.6 Å². The number of nitrogens with one attached hydrogen (secondary N) is 2. The smallest absolute Gasteiger partial charge is 0.253 e. The van der Waals surface area contributed by atoms with Crippen LogP contribution in [0.1, 0.15) is 41.5 Å². The largest absolute Gasteiger partial charge is 0.349 e. The Morgan fingerprint density at radius 2 is 2.22 bits per heavy atom. The minimum Gasteiger partial charge on any atom is -0.349 e. The van der Waals surface area contributed by atoms with Crippen molar-refractivity contribution in [1.82, 2.24) is 25.4 Å². The summed E-state index contributed by atoms with van der Waals surface area (Å²) < 4.78 is 1.78. The minimum absolute atomic E-state index is 0.0588. The second kappa shape index (κ2) is 6.50. The molecular formula is C17H23N5O. The second-order valence-electron chi connectivity index (χ2n) is 6.29. The van der Waals surface area contributed by atoms with E-state index < -0.39 is 0 Å². The molecule has 6 heteroatoms. The number of hydrogen-bond acceptors (Lipinski definition) is 4. The topological polar surface area (TPSA) is 71.8 Å². The predicted octanol–water partition coefficient (Wildman–Crippen LogP) is 1.75. The first-order chi connectivity index (χ1) is 11.0. The van der Waals surface area contributed by atoms with E-state index in [4.69, 9.17) is 0 Å². The number of aromatic nitrogens is 3. The summed E-state index contributed by atoms with van der Waals surface area (Å²) >= 11 is 0. The van der Waals surface area contributed by atoms with E-state index in [9.17, 15) is 4.79 Å². The summed E-state index contributed by atoms with van der Waals surface area (Å²) in [5.74, 6) is 0.666. The molecule has 3 rings (SSSR count). The minimum atomic E-state index is -0.0588. The van der Waals surface area contributed by atoms with Crippen LogP contribution in [0.25, 0.3) is 5.82 Å². The number of rotatable bonds is 3. The third-order valence-electron chi connectivity index (χ3n) is 4.20. The monoisotopic (exact) mass is 313 g/mol. The van der Waals surface area contributed by atoms with Crippen molar-refractivity contribution in [2.24, 2.45) is 0 Å². The standard InChI is InChI=1S/C17H23N5O/c1-11-9-15(6-7-18-11)20-17(23)14-4-5-16(19-10-14)22-13(3)8-12(2)21-22/h4-5,8,10-11,15,18H,6-7,9H2,1-3H3,(H,20,23). The maximum absolute atomic E-state index is 12.3. The highest BCUT2D eigenvalue weighted by molar-refractivity contribution is 5.94. The molecule has 2 N–H and O–H groups in total. The number of pyridine rings is 1. The van der Waals surface area contributed by atoms with E-state index >= 15 is 0 Å². The van der Waals surface area contributed by atoms with Crippen LogP contribution < -0.4 is 10.6 Å². The summed E-state index contributed by atoms with van der Waals surface area (Å²) in [4.78, 5) is 16.7. The second-order valence-corrected chi connectivity index (χ2v) is 6.29. The number of carbonyl (C=O) groups is 1. The van der Waals surface area contributed by atoms with Gasteiger partial charge in [0.1, 0.15) is 0 Å². The zero-order chi connectivity index (χ0) is 16.4. The van der Waals surface area contributed by atoms with Gasteiger partial charge in [0.05, 0.1) is 11.3 Å². The van der Waals surface area contributed by atoms with Crippen LogP contribution in [0.15, 0.2) is 24.4 Å². The molecule has 1 aliphatic rings. The molecule has 2 atom stereocenters. The molecule has 0 radical (unpaired) electrons. The van der Waals surface area contributed by atoms with E-state index in [2.05, 4.69) is 27.6 Å². The molecule has 2 unspecified atom stereocenters. The molecule has 0 aromatic carbocycles. The number of amides is 1. The highest BCUT2D eigenvalue weighted by Gasteiger charge is 2.20. The van der Waals surface area contributed by atoms with Crippen LogP contribution in [-0.2, 0) is 0 Å². The molecule has 23 heavy (non-hydrogen) atoms. The Morgan fingerprint density at radius 1 is 1.39 bits per heavy atom. The van der Waals surface area contributed by atoms with Crippen molar-refractivity contribution in [2.45, 2.75) is 45.7 Å². The van der Waals surface area contributed by atoms with Gasteiger partial charge in [-0.1, -0.05) is 0 Å². The Balaban J connectivity index is 1.69. The van der Waals surface area contributed by atoms with Crippen molar-refractivity contribution in [1.29, 1.82) is 0 Å². The van der Waals surface area contributed by atoms with Crippen molar-refractivity contribution < 1.29 is 4.79 Å². The van der Waals surface area contributed by atoms with Gasteiger partial charge in [0.25, 0.3) is 5.91 Å². The quantitative estimate of drug-likeness (QED) is 0.905. The van der Waals surface area contributed by atoms with Crippen molar-refractivity contribution in [2.75, 3.05) is 6.54 Å². The number of piperidine rings is 1. The Labute approximate surface area is 136 Å². The molecule has 1 amide bonds. The first kappa shape index (κ1) is 15.7. The van der Waals surface area contributed by atoms with Gasteiger partial charge < -0.3 is 10.6 Å². The van der Waals surface area contributed by atoms with Gasteiger partial charge in [-0.05, 0) is 58.4 Å². The van der Waals surface area contributed by atoms with E-state index in [1.54, 1.807) is 16.9 Å². The lowest BCUT2D eigenvalue weighted by atomic mass is 10.0. The van der Waals surface area contributed by atoms with Gasteiger partial charge in [-0.25, -0.2) is 9.67 Å². The Morgan fingerprint density at radius 3 is 2.83 bits per heavy atom. The molecule has 1 fully saturated rings. The van der Waals surface area contributed by atoms with E-state index in [-0.39, 0.29) is 11.9 Å². The van der Waals surface area contributed by atoms with Crippen molar-refractivity contribution >= 4 is 5.91 Å². The van der Waals surface area contributed by atoms with Gasteiger partial charge in [0.15, 0.2) is 5.82 Å². The van der Waals surface area contributed by atoms with E-state index in [0.29, 0.717) is 11.6 Å². The van der Waals surface area contributed by atoms with Crippen LogP contribution in [0, 0.1) is 13.8 Å². The normalized spacial score (nSPS) is 21.2. The number of carbonyl (C=O) groups excluding carboxylic acids is 1. The lowest BCUT2D eigenvalue weighted by molar-refractivity contribution is 0.0925. The SMILES string of the molecule is Cc1cc(C)n(-c2ccc(C(=O)NC3CCNC(C)C3)cn2)n1. The third-order valence-corrected chi connectivity index (χ3v) is 4.20. The fourth-order valence-corrected chi connectivity index (χ4v) is 3.04. The summed E-state index contributed by atoms with van der Waals surface area (Å²) in [5.41, 5.74) is 2.56. The van der Waals surface area contributed by atoms with Gasteiger partial charge in [-0.3, -0.25) is 4.79 Å². The molecule has 2 aromatic heterocycles. The van der Waals surface area contributed by atoms with Crippen LogP contribution in [-0.4, -0.2) is 39.3 Å². The zero-order valence-electron chi connectivity index (χ0n) is 13.8. The molecular weight excluding hydrogens is 290 g/mol. The van der Waals surface area contributed by atoms with Crippen LogP contribution in [0.4, 0.5) is 0 Å². The molecule has 1 aliphatic heterocycles. The number of aryl methyl sites for hydroxylation is 2. The zero-order valence-corrected chi connectivity index (χ0v) is 13.8. The maximum atomic E-state index is 12.3. The fourth-order valence-electron chi connectivity index (χ4n) is 3.04. The summed E-state index contributed by atoms with van der Waals surface area (Å²) in [6, 6.07) is 6.31. The molecule has 1 saturated heterocycles. The van der Waals surface area contributed by atoms with Gasteiger partial charge in [0, 0.05) is 24.0 Å². The van der Waals surface area contributed by atoms with Crippen molar-refractivity contribution in [3.05, 3.63) is 41.3 Å². The first-order valence-electron chi connectivity index (χ1n) is 8.07. The molecule has 0 bridgehead atoms. The average molecular weight is 313 g/mol. The molecule has 6 nitrogen and oxygen atoms in total. The van der Waals surface area contributed by atoms with Crippen LogP contribution >= 0.6 is 0 Å². The molecule has 0 saturated carbocycles. The van der Waals surface area contributed by atoms with Crippen LogP contribution in [0.5, 0.6) is 0 Å². The number of nitrogens with zero attached hydrogens (tertiary/aromatic N) is 3. The van der Waals surface area contributed by atoms with Gasteiger partial charge in [-0.2, -0.15) is 5.10 Å². The fraction of sp³-hybridized carbons (Fsp3) is 0.471.